The van der Waals surface area contributed by atoms with E-state index in [4.69, 9.17) is 25.7 Å². The molecule has 0 aromatic heterocycles. The van der Waals surface area contributed by atoms with Gasteiger partial charge in [-0.1, -0.05) is 40.7 Å². The number of hydrogen-bond donors (Lipinski definition) is 4. The third-order valence-corrected chi connectivity index (χ3v) is 7.19. The van der Waals surface area contributed by atoms with Crippen molar-refractivity contribution in [1.82, 2.24) is 5.32 Å². The summed E-state index contributed by atoms with van der Waals surface area (Å²) in [4.78, 5) is 24.1. The summed E-state index contributed by atoms with van der Waals surface area (Å²) in [7, 11) is 3.29. The standard InChI is InChI=1S/C29H51N3O6/c1-18(2)22(13-21-9-10-26(37-7)27(14-21)38-12-8-11-36-6)15-24(30)25(33)16-23(19(3)4)29(35)32-17-20(5)28(31)34/h9-10,14,18-20,22-25,33H,8,11-13,15-17,30H2,1-7H3,(H2,31,34)(H,32,35)/t20-,22-,23-,24-,25-/m0/s1. The lowest BCUT2D eigenvalue weighted by Crippen LogP contribution is -2.44. The monoisotopic (exact) mass is 537 g/mol. The van der Waals surface area contributed by atoms with Crippen LogP contribution in [0.4, 0.5) is 0 Å². The van der Waals surface area contributed by atoms with Crippen LogP contribution in [0.15, 0.2) is 18.2 Å². The van der Waals surface area contributed by atoms with Crippen LogP contribution in [-0.4, -0.2) is 63.0 Å². The number of rotatable bonds is 19. The fourth-order valence-corrected chi connectivity index (χ4v) is 4.35. The van der Waals surface area contributed by atoms with Gasteiger partial charge in [0, 0.05) is 38.6 Å². The molecule has 0 spiro atoms. The molecule has 0 fully saturated rings. The summed E-state index contributed by atoms with van der Waals surface area (Å²) in [6.07, 6.45) is 1.58. The van der Waals surface area contributed by atoms with Gasteiger partial charge in [0.25, 0.3) is 0 Å². The normalized spacial score (nSPS) is 15.6. The number of amides is 2. The number of ether oxygens (including phenoxy) is 3. The lowest BCUT2D eigenvalue weighted by atomic mass is 9.80. The number of benzene rings is 1. The number of carbonyl (C=O) groups excluding carboxylic acids is 2. The maximum atomic E-state index is 12.8. The van der Waals surface area contributed by atoms with E-state index in [2.05, 4.69) is 19.2 Å². The fourth-order valence-electron chi connectivity index (χ4n) is 4.35. The lowest BCUT2D eigenvalue weighted by molar-refractivity contribution is -0.128. The van der Waals surface area contributed by atoms with Crippen LogP contribution in [0.5, 0.6) is 11.5 Å². The van der Waals surface area contributed by atoms with Crippen LogP contribution in [0, 0.1) is 29.6 Å². The number of methoxy groups -OCH3 is 2. The van der Waals surface area contributed by atoms with Gasteiger partial charge < -0.3 is 36.1 Å². The zero-order valence-electron chi connectivity index (χ0n) is 24.4. The van der Waals surface area contributed by atoms with Crippen molar-refractivity contribution in [1.29, 1.82) is 0 Å². The van der Waals surface area contributed by atoms with Gasteiger partial charge in [0.05, 0.1) is 25.7 Å². The van der Waals surface area contributed by atoms with E-state index in [1.165, 1.54) is 0 Å². The summed E-state index contributed by atoms with van der Waals surface area (Å²) in [6.45, 7) is 11.2. The van der Waals surface area contributed by atoms with Gasteiger partial charge in [-0.05, 0) is 54.7 Å². The first kappa shape index (κ1) is 33.7. The molecule has 0 radical (unpaired) electrons. The first-order valence-electron chi connectivity index (χ1n) is 13.7. The molecule has 9 heteroatoms. The molecule has 38 heavy (non-hydrogen) atoms. The number of nitrogens with two attached hydrogens (primary N) is 2. The Morgan fingerprint density at radius 1 is 1.00 bits per heavy atom. The minimum absolute atomic E-state index is 0.00300. The molecule has 1 aromatic rings. The number of primary amides is 1. The van der Waals surface area contributed by atoms with Gasteiger partial charge >= 0.3 is 0 Å². The Balaban J connectivity index is 2.84. The van der Waals surface area contributed by atoms with E-state index in [0.717, 1.165) is 18.4 Å². The summed E-state index contributed by atoms with van der Waals surface area (Å²) in [5.41, 5.74) is 12.9. The van der Waals surface area contributed by atoms with Gasteiger partial charge in [-0.3, -0.25) is 9.59 Å². The van der Waals surface area contributed by atoms with Gasteiger partial charge in [-0.15, -0.1) is 0 Å². The molecule has 0 aliphatic carbocycles. The van der Waals surface area contributed by atoms with E-state index >= 15 is 0 Å². The Bertz CT molecular complexity index is 848. The summed E-state index contributed by atoms with van der Waals surface area (Å²) in [5.74, 6) is 0.395. The van der Waals surface area contributed by atoms with Gasteiger partial charge in [-0.25, -0.2) is 0 Å². The molecule has 218 valence electrons. The quantitative estimate of drug-likeness (QED) is 0.198. The van der Waals surface area contributed by atoms with Crippen LogP contribution >= 0.6 is 0 Å². The van der Waals surface area contributed by atoms with Crippen LogP contribution in [0.2, 0.25) is 0 Å². The van der Waals surface area contributed by atoms with Gasteiger partial charge in [0.2, 0.25) is 11.8 Å². The highest BCUT2D eigenvalue weighted by Gasteiger charge is 2.30. The molecule has 9 nitrogen and oxygen atoms in total. The van der Waals surface area contributed by atoms with Crippen molar-refractivity contribution in [3.8, 4) is 11.5 Å². The van der Waals surface area contributed by atoms with Crippen molar-refractivity contribution >= 4 is 11.8 Å². The van der Waals surface area contributed by atoms with Crippen molar-refractivity contribution in [2.75, 3.05) is 34.0 Å². The molecule has 1 aromatic carbocycles. The van der Waals surface area contributed by atoms with Crippen molar-refractivity contribution < 1.29 is 28.9 Å². The SMILES string of the molecule is COCCCOc1cc(C[C@@H](C[C@H](N)[C@@H](O)C[C@H](C(=O)NC[C@H](C)C(N)=O)C(C)C)C(C)C)ccc1OC. The molecular formula is C29H51N3O6. The van der Waals surface area contributed by atoms with Crippen LogP contribution in [0.1, 0.15) is 59.4 Å². The first-order valence-corrected chi connectivity index (χ1v) is 13.7. The highest BCUT2D eigenvalue weighted by atomic mass is 16.5. The van der Waals surface area contributed by atoms with Crippen molar-refractivity contribution in [3.05, 3.63) is 23.8 Å². The van der Waals surface area contributed by atoms with Crippen molar-refractivity contribution in [2.24, 2.45) is 41.1 Å². The number of carbonyl (C=O) groups is 2. The Hall–Kier alpha value is -2.36. The Kier molecular flexibility index (Phi) is 15.3. The molecule has 0 saturated heterocycles. The van der Waals surface area contributed by atoms with Crippen molar-refractivity contribution in [3.63, 3.8) is 0 Å². The molecular weight excluding hydrogens is 486 g/mol. The van der Waals surface area contributed by atoms with E-state index in [9.17, 15) is 14.7 Å². The average Bonchev–Trinajstić information content (AvgIpc) is 2.87. The zero-order valence-corrected chi connectivity index (χ0v) is 24.4. The highest BCUT2D eigenvalue weighted by Crippen LogP contribution is 2.31. The third-order valence-electron chi connectivity index (χ3n) is 7.19. The topological polar surface area (TPSA) is 146 Å². The first-order chi connectivity index (χ1) is 17.9. The molecule has 2 amide bonds. The molecule has 0 aliphatic rings. The molecule has 5 atom stereocenters. The molecule has 0 heterocycles. The summed E-state index contributed by atoms with van der Waals surface area (Å²) < 4.78 is 16.5. The number of aliphatic hydroxyl groups is 1. The summed E-state index contributed by atoms with van der Waals surface area (Å²) in [5, 5.41) is 13.8. The van der Waals surface area contributed by atoms with Crippen LogP contribution in [0.3, 0.4) is 0 Å². The van der Waals surface area contributed by atoms with Crippen molar-refractivity contribution in [2.45, 2.75) is 72.4 Å². The largest absolute Gasteiger partial charge is 0.493 e. The second kappa shape index (κ2) is 17.3. The van der Waals surface area contributed by atoms with E-state index in [-0.39, 0.29) is 30.7 Å². The van der Waals surface area contributed by atoms with Gasteiger partial charge in [-0.2, -0.15) is 0 Å². The number of aliphatic hydroxyl groups excluding tert-OH is 1. The second-order valence-electron chi connectivity index (χ2n) is 11.0. The van der Waals surface area contributed by atoms with E-state index in [0.29, 0.717) is 37.1 Å². The summed E-state index contributed by atoms with van der Waals surface area (Å²) >= 11 is 0. The van der Waals surface area contributed by atoms with E-state index in [1.54, 1.807) is 21.1 Å². The highest BCUT2D eigenvalue weighted by molar-refractivity contribution is 5.81. The Labute approximate surface area is 229 Å². The summed E-state index contributed by atoms with van der Waals surface area (Å²) in [6, 6.07) is 5.47. The minimum Gasteiger partial charge on any atom is -0.493 e. The minimum atomic E-state index is -0.835. The predicted octanol–water partition coefficient (Wildman–Crippen LogP) is 2.90. The lowest BCUT2D eigenvalue weighted by Gasteiger charge is -2.30. The zero-order chi connectivity index (χ0) is 28.8. The van der Waals surface area contributed by atoms with Crippen LogP contribution < -0.4 is 26.3 Å². The smallest absolute Gasteiger partial charge is 0.223 e. The maximum absolute atomic E-state index is 12.8. The average molecular weight is 538 g/mol. The number of nitrogens with one attached hydrogen (secondary N) is 1. The Morgan fingerprint density at radius 2 is 1.68 bits per heavy atom. The van der Waals surface area contributed by atoms with Crippen LogP contribution in [-0.2, 0) is 20.7 Å². The van der Waals surface area contributed by atoms with Gasteiger partial charge in [0.15, 0.2) is 11.5 Å². The maximum Gasteiger partial charge on any atom is 0.223 e. The predicted molar refractivity (Wildman–Crippen MR) is 150 cm³/mol. The molecule has 0 unspecified atom stereocenters. The van der Waals surface area contributed by atoms with Gasteiger partial charge in [0.1, 0.15) is 0 Å². The Morgan fingerprint density at radius 3 is 2.24 bits per heavy atom. The number of hydrogen-bond acceptors (Lipinski definition) is 7. The van der Waals surface area contributed by atoms with E-state index < -0.39 is 29.9 Å². The van der Waals surface area contributed by atoms with E-state index in [1.807, 2.05) is 32.0 Å². The third kappa shape index (κ3) is 11.6. The molecule has 1 rings (SSSR count). The molecule has 6 N–H and O–H groups in total. The van der Waals surface area contributed by atoms with Crippen LogP contribution in [0.25, 0.3) is 0 Å². The molecule has 0 bridgehead atoms. The fraction of sp³-hybridized carbons (Fsp3) is 0.724. The molecule has 0 saturated carbocycles. The molecule has 0 aliphatic heterocycles. The second-order valence-corrected chi connectivity index (χ2v) is 11.0.